The van der Waals surface area contributed by atoms with Crippen LogP contribution in [-0.2, 0) is 0 Å². The van der Waals surface area contributed by atoms with E-state index in [1.165, 1.54) is 6.20 Å². The number of carboxylic acids is 1. The molecule has 0 aliphatic heterocycles. The Morgan fingerprint density at radius 2 is 2.38 bits per heavy atom. The lowest BCUT2D eigenvalue weighted by molar-refractivity contribution is 0.0696. The zero-order chi connectivity index (χ0) is 12.0. The molecule has 0 unspecified atom stereocenters. The Bertz CT molecular complexity index is 392. The Hall–Kier alpha value is -2.02. The maximum atomic E-state index is 10.6. The zero-order valence-corrected chi connectivity index (χ0v) is 9.18. The number of nitrogens with zero attached hydrogens (tertiary/aromatic N) is 2. The van der Waals surface area contributed by atoms with Gasteiger partial charge in [-0.3, -0.25) is 0 Å². The van der Waals surface area contributed by atoms with Gasteiger partial charge in [0.2, 0.25) is 0 Å². The van der Waals surface area contributed by atoms with E-state index in [0.29, 0.717) is 6.42 Å². The van der Waals surface area contributed by atoms with Gasteiger partial charge in [0.05, 0.1) is 5.56 Å². The lowest BCUT2D eigenvalue weighted by Crippen LogP contribution is -2.24. The molecule has 0 aliphatic carbocycles. The van der Waals surface area contributed by atoms with E-state index in [2.05, 4.69) is 10.9 Å². The van der Waals surface area contributed by atoms with E-state index in [1.54, 1.807) is 12.1 Å². The van der Waals surface area contributed by atoms with Crippen LogP contribution in [0, 0.1) is 12.3 Å². The Morgan fingerprint density at radius 1 is 1.62 bits per heavy atom. The summed E-state index contributed by atoms with van der Waals surface area (Å²) in [4.78, 5) is 16.7. The van der Waals surface area contributed by atoms with Crippen molar-refractivity contribution in [3.63, 3.8) is 0 Å². The first kappa shape index (κ1) is 12.1. The molecule has 1 rings (SSSR count). The summed E-state index contributed by atoms with van der Waals surface area (Å²) >= 11 is 0. The molecular weight excluding hydrogens is 204 g/mol. The largest absolute Gasteiger partial charge is 0.478 e. The summed E-state index contributed by atoms with van der Waals surface area (Å²) in [5.74, 6) is 2.35. The molecule has 1 heterocycles. The molecule has 0 bridgehead atoms. The third-order valence-electron chi connectivity index (χ3n) is 2.23. The van der Waals surface area contributed by atoms with Crippen molar-refractivity contribution in [2.45, 2.75) is 13.3 Å². The van der Waals surface area contributed by atoms with E-state index in [0.717, 1.165) is 18.9 Å². The van der Waals surface area contributed by atoms with Crippen LogP contribution in [-0.4, -0.2) is 29.1 Å². The highest BCUT2D eigenvalue weighted by Gasteiger charge is 2.07. The number of terminal acetylenes is 1. The Kier molecular flexibility index (Phi) is 4.34. The third kappa shape index (κ3) is 2.99. The highest BCUT2D eigenvalue weighted by Crippen LogP contribution is 2.11. The van der Waals surface area contributed by atoms with Crippen LogP contribution in [0.4, 0.5) is 5.82 Å². The second-order valence-electron chi connectivity index (χ2n) is 3.24. The van der Waals surface area contributed by atoms with Gasteiger partial charge in [0.25, 0.3) is 0 Å². The molecule has 84 valence electrons. The molecule has 0 aromatic carbocycles. The molecule has 1 aromatic rings. The van der Waals surface area contributed by atoms with Crippen LogP contribution >= 0.6 is 0 Å². The van der Waals surface area contributed by atoms with Crippen molar-refractivity contribution >= 4 is 11.8 Å². The molecule has 0 spiro atoms. The van der Waals surface area contributed by atoms with Crippen LogP contribution in [0.5, 0.6) is 0 Å². The summed E-state index contributed by atoms with van der Waals surface area (Å²) in [6.07, 6.45) is 7.20. The van der Waals surface area contributed by atoms with Crippen molar-refractivity contribution < 1.29 is 9.90 Å². The smallest absolute Gasteiger partial charge is 0.337 e. The average Bonchev–Trinajstić information content (AvgIpc) is 2.30. The molecular formula is C12H14N2O2. The average molecular weight is 218 g/mol. The van der Waals surface area contributed by atoms with Crippen molar-refractivity contribution in [2.24, 2.45) is 0 Å². The van der Waals surface area contributed by atoms with Crippen LogP contribution in [0.15, 0.2) is 18.3 Å². The first-order chi connectivity index (χ1) is 7.69. The van der Waals surface area contributed by atoms with E-state index in [1.807, 2.05) is 11.8 Å². The predicted molar refractivity (Wildman–Crippen MR) is 62.5 cm³/mol. The molecule has 0 atom stereocenters. The molecule has 0 saturated heterocycles. The predicted octanol–water partition coefficient (Wildman–Crippen LogP) is 1.63. The summed E-state index contributed by atoms with van der Waals surface area (Å²) in [5.41, 5.74) is 0.191. The van der Waals surface area contributed by atoms with Crippen molar-refractivity contribution in [1.82, 2.24) is 4.98 Å². The fourth-order valence-corrected chi connectivity index (χ4v) is 1.33. The van der Waals surface area contributed by atoms with E-state index in [-0.39, 0.29) is 5.56 Å². The minimum absolute atomic E-state index is 0.191. The van der Waals surface area contributed by atoms with Crippen molar-refractivity contribution in [3.8, 4) is 12.3 Å². The molecule has 16 heavy (non-hydrogen) atoms. The van der Waals surface area contributed by atoms with Gasteiger partial charge in [-0.05, 0) is 19.1 Å². The van der Waals surface area contributed by atoms with Gasteiger partial charge in [0, 0.05) is 25.7 Å². The van der Waals surface area contributed by atoms with Gasteiger partial charge in [-0.25, -0.2) is 9.78 Å². The second kappa shape index (κ2) is 5.76. The van der Waals surface area contributed by atoms with E-state index >= 15 is 0 Å². The van der Waals surface area contributed by atoms with E-state index in [4.69, 9.17) is 11.5 Å². The van der Waals surface area contributed by atoms with Crippen LogP contribution in [0.1, 0.15) is 23.7 Å². The minimum Gasteiger partial charge on any atom is -0.478 e. The Morgan fingerprint density at radius 3 is 2.81 bits per heavy atom. The maximum Gasteiger partial charge on any atom is 0.337 e. The van der Waals surface area contributed by atoms with Gasteiger partial charge in [-0.15, -0.1) is 12.3 Å². The van der Waals surface area contributed by atoms with Crippen LogP contribution in [0.3, 0.4) is 0 Å². The SMILES string of the molecule is C#CCCN(CC)c1ccc(C(=O)O)cn1. The summed E-state index contributed by atoms with van der Waals surface area (Å²) in [6, 6.07) is 3.24. The number of aromatic nitrogens is 1. The summed E-state index contributed by atoms with van der Waals surface area (Å²) in [6.45, 7) is 3.52. The lowest BCUT2D eigenvalue weighted by atomic mass is 10.3. The fraction of sp³-hybridized carbons (Fsp3) is 0.333. The number of hydrogen-bond donors (Lipinski definition) is 1. The zero-order valence-electron chi connectivity index (χ0n) is 9.18. The molecule has 0 radical (unpaired) electrons. The highest BCUT2D eigenvalue weighted by molar-refractivity contribution is 5.87. The van der Waals surface area contributed by atoms with Gasteiger partial charge in [-0.1, -0.05) is 0 Å². The van der Waals surface area contributed by atoms with Crippen LogP contribution in [0.2, 0.25) is 0 Å². The number of carbonyl (C=O) groups is 1. The van der Waals surface area contributed by atoms with E-state index < -0.39 is 5.97 Å². The standard InChI is InChI=1S/C12H14N2O2/c1-3-5-8-14(4-2)11-7-6-10(9-13-11)12(15)16/h1,6-7,9H,4-5,8H2,2H3,(H,15,16). The normalized spacial score (nSPS) is 9.50. The number of hydrogen-bond acceptors (Lipinski definition) is 3. The summed E-state index contributed by atoms with van der Waals surface area (Å²) < 4.78 is 0. The minimum atomic E-state index is -0.967. The number of rotatable bonds is 5. The first-order valence-electron chi connectivity index (χ1n) is 5.06. The van der Waals surface area contributed by atoms with Crippen LogP contribution in [0.25, 0.3) is 0 Å². The summed E-state index contributed by atoms with van der Waals surface area (Å²) in [5, 5.41) is 8.73. The Balaban J connectivity index is 2.78. The molecule has 1 N–H and O–H groups in total. The maximum absolute atomic E-state index is 10.6. The van der Waals surface area contributed by atoms with Crippen molar-refractivity contribution in [3.05, 3.63) is 23.9 Å². The number of pyridine rings is 1. The summed E-state index contributed by atoms with van der Waals surface area (Å²) in [7, 11) is 0. The monoisotopic (exact) mass is 218 g/mol. The van der Waals surface area contributed by atoms with Gasteiger partial charge < -0.3 is 10.0 Å². The topological polar surface area (TPSA) is 53.4 Å². The van der Waals surface area contributed by atoms with Gasteiger partial charge in [0.1, 0.15) is 5.82 Å². The van der Waals surface area contributed by atoms with Crippen molar-refractivity contribution in [2.75, 3.05) is 18.0 Å². The molecule has 0 aliphatic rings. The highest BCUT2D eigenvalue weighted by atomic mass is 16.4. The number of anilines is 1. The molecule has 0 saturated carbocycles. The quantitative estimate of drug-likeness (QED) is 0.763. The molecule has 0 amide bonds. The molecule has 1 aromatic heterocycles. The first-order valence-corrected chi connectivity index (χ1v) is 5.06. The molecule has 4 nitrogen and oxygen atoms in total. The Labute approximate surface area is 94.9 Å². The fourth-order valence-electron chi connectivity index (χ4n) is 1.33. The van der Waals surface area contributed by atoms with E-state index in [9.17, 15) is 4.79 Å². The van der Waals surface area contributed by atoms with Crippen molar-refractivity contribution in [1.29, 1.82) is 0 Å². The lowest BCUT2D eigenvalue weighted by Gasteiger charge is -2.20. The third-order valence-corrected chi connectivity index (χ3v) is 2.23. The molecule has 4 heteroatoms. The second-order valence-corrected chi connectivity index (χ2v) is 3.24. The van der Waals surface area contributed by atoms with Gasteiger partial charge in [-0.2, -0.15) is 0 Å². The number of carboxylic acid groups (broad SMARTS) is 1. The molecule has 0 fully saturated rings. The number of aromatic carboxylic acids is 1. The van der Waals surface area contributed by atoms with Gasteiger partial charge in [0.15, 0.2) is 0 Å². The van der Waals surface area contributed by atoms with Gasteiger partial charge >= 0.3 is 5.97 Å². The van der Waals surface area contributed by atoms with Crippen LogP contribution < -0.4 is 4.90 Å².